The predicted octanol–water partition coefficient (Wildman–Crippen LogP) is -0.400. The summed E-state index contributed by atoms with van der Waals surface area (Å²) < 4.78 is 1.56. The van der Waals surface area contributed by atoms with Crippen molar-refractivity contribution in [1.29, 1.82) is 5.26 Å². The maximum Gasteiger partial charge on any atom is 0.326 e. The van der Waals surface area contributed by atoms with E-state index < -0.39 is 11.1 Å². The van der Waals surface area contributed by atoms with Crippen molar-refractivity contribution >= 4 is 23.6 Å². The van der Waals surface area contributed by atoms with Crippen LogP contribution in [0.2, 0.25) is 0 Å². The zero-order valence-electron chi connectivity index (χ0n) is 19.5. The number of hydrogen-bond acceptors (Lipinski definition) is 9. The molecule has 3 aromatic heterocycles. The Morgan fingerprint density at radius 3 is 2.58 bits per heavy atom. The summed E-state index contributed by atoms with van der Waals surface area (Å²) in [4.78, 5) is 42.7. The van der Waals surface area contributed by atoms with E-state index in [0.29, 0.717) is 35.3 Å². The lowest BCUT2D eigenvalue weighted by Crippen LogP contribution is -2.43. The van der Waals surface area contributed by atoms with Crippen LogP contribution in [-0.4, -0.2) is 58.7 Å². The maximum absolute atomic E-state index is 12.4. The smallest absolute Gasteiger partial charge is 0.326 e. The van der Waals surface area contributed by atoms with E-state index in [9.17, 15) is 20.0 Å². The largest absolute Gasteiger partial charge is 0.493 e. The minimum Gasteiger partial charge on any atom is -0.493 e. The van der Waals surface area contributed by atoms with Crippen molar-refractivity contribution in [3.63, 3.8) is 0 Å². The highest BCUT2D eigenvalue weighted by molar-refractivity contribution is 5.88. The highest BCUT2D eigenvalue weighted by atomic mass is 16.3. The summed E-state index contributed by atoms with van der Waals surface area (Å²) >= 11 is 0. The minimum absolute atomic E-state index is 0.0671. The summed E-state index contributed by atoms with van der Waals surface area (Å²) in [6.45, 7) is 0. The van der Waals surface area contributed by atoms with Crippen LogP contribution >= 0.6 is 0 Å². The Morgan fingerprint density at radius 2 is 1.94 bits per heavy atom. The molecule has 13 heteroatoms. The molecule has 186 valence electrons. The average Bonchev–Trinajstić information content (AvgIpc) is 3.77. The van der Waals surface area contributed by atoms with Crippen molar-refractivity contribution in [2.45, 2.75) is 69.5 Å². The number of imidazole rings is 1. The number of rotatable bonds is 6. The number of fused-ring (bicyclic) bond motifs is 1. The molecule has 3 aliphatic carbocycles. The van der Waals surface area contributed by atoms with Gasteiger partial charge >= 0.3 is 5.69 Å². The molecule has 0 saturated heterocycles. The molecule has 5 N–H and O–H groups in total. The van der Waals surface area contributed by atoms with Crippen LogP contribution in [0.25, 0.3) is 11.7 Å². The SMILES string of the molecule is N#CC1(C(=O)NC2CCC(Nc3nc(=NC4CC4)n4ncc(=Cc5[nH]c(=O)[nH]c5O)c4n3)CC2)CC1. The van der Waals surface area contributed by atoms with Crippen molar-refractivity contribution in [2.75, 3.05) is 5.32 Å². The van der Waals surface area contributed by atoms with E-state index in [4.69, 9.17) is 0 Å². The van der Waals surface area contributed by atoms with Crippen molar-refractivity contribution < 1.29 is 9.90 Å². The van der Waals surface area contributed by atoms with Gasteiger partial charge in [0.15, 0.2) is 5.65 Å². The molecule has 13 nitrogen and oxygen atoms in total. The van der Waals surface area contributed by atoms with E-state index in [0.717, 1.165) is 38.5 Å². The molecular weight excluding hydrogens is 464 g/mol. The van der Waals surface area contributed by atoms with Crippen LogP contribution in [0.15, 0.2) is 16.0 Å². The molecule has 6 rings (SSSR count). The first-order chi connectivity index (χ1) is 17.4. The number of hydrogen-bond donors (Lipinski definition) is 5. The van der Waals surface area contributed by atoms with Gasteiger partial charge in [0.25, 0.3) is 5.62 Å². The van der Waals surface area contributed by atoms with Crippen LogP contribution in [0.5, 0.6) is 5.88 Å². The van der Waals surface area contributed by atoms with Gasteiger partial charge in [-0.05, 0) is 57.4 Å². The Labute approximate surface area is 204 Å². The third-order valence-electron chi connectivity index (χ3n) is 7.05. The molecule has 0 atom stereocenters. The van der Waals surface area contributed by atoms with Crippen molar-refractivity contribution in [3.05, 3.63) is 33.2 Å². The molecule has 1 amide bonds. The highest BCUT2D eigenvalue weighted by Gasteiger charge is 2.51. The normalized spacial score (nSPS) is 24.0. The number of carbonyl (C=O) groups excluding carboxylic acids is 1. The Morgan fingerprint density at radius 1 is 1.19 bits per heavy atom. The lowest BCUT2D eigenvalue weighted by Gasteiger charge is -2.30. The number of anilines is 1. The van der Waals surface area contributed by atoms with Gasteiger partial charge in [-0.3, -0.25) is 9.78 Å². The number of H-pyrrole nitrogens is 2. The Balaban J connectivity index is 1.23. The Hall–Kier alpha value is -4.21. The molecular formula is C23H26N10O3. The van der Waals surface area contributed by atoms with Crippen LogP contribution in [0, 0.1) is 16.7 Å². The molecule has 0 unspecified atom stereocenters. The highest BCUT2D eigenvalue weighted by Crippen LogP contribution is 2.45. The van der Waals surface area contributed by atoms with Crippen LogP contribution in [-0.2, 0) is 4.79 Å². The fourth-order valence-corrected chi connectivity index (χ4v) is 4.55. The van der Waals surface area contributed by atoms with Gasteiger partial charge in [-0.1, -0.05) is 0 Å². The number of amides is 1. The van der Waals surface area contributed by atoms with E-state index in [-0.39, 0.29) is 35.6 Å². The lowest BCUT2D eigenvalue weighted by molar-refractivity contribution is -0.125. The molecule has 3 fully saturated rings. The van der Waals surface area contributed by atoms with Crippen LogP contribution in [0.4, 0.5) is 5.95 Å². The Bertz CT molecular complexity index is 1550. The molecule has 0 bridgehead atoms. The van der Waals surface area contributed by atoms with Gasteiger partial charge in [0.2, 0.25) is 17.7 Å². The molecule has 3 saturated carbocycles. The van der Waals surface area contributed by atoms with Gasteiger partial charge in [0, 0.05) is 17.3 Å². The second-order valence-corrected chi connectivity index (χ2v) is 9.89. The first kappa shape index (κ1) is 22.3. The fraction of sp³-hybridized carbons (Fsp3) is 0.522. The van der Waals surface area contributed by atoms with Crippen molar-refractivity contribution in [2.24, 2.45) is 10.4 Å². The zero-order chi connectivity index (χ0) is 24.9. The first-order valence-electron chi connectivity index (χ1n) is 12.2. The molecule has 0 aromatic carbocycles. The number of aromatic amines is 2. The van der Waals surface area contributed by atoms with E-state index in [1.165, 1.54) is 0 Å². The van der Waals surface area contributed by atoms with Crippen LogP contribution in [0.3, 0.4) is 0 Å². The second-order valence-electron chi connectivity index (χ2n) is 9.89. The third kappa shape index (κ3) is 4.30. The Kier molecular flexibility index (Phi) is 5.24. The summed E-state index contributed by atoms with van der Waals surface area (Å²) in [6, 6.07) is 2.56. The van der Waals surface area contributed by atoms with Gasteiger partial charge in [0.05, 0.1) is 18.3 Å². The second kappa shape index (κ2) is 8.47. The van der Waals surface area contributed by atoms with E-state index in [1.54, 1.807) is 16.8 Å². The molecule has 3 aliphatic rings. The van der Waals surface area contributed by atoms with E-state index in [1.807, 2.05) is 0 Å². The third-order valence-corrected chi connectivity index (χ3v) is 7.05. The average molecular weight is 491 g/mol. The predicted molar refractivity (Wildman–Crippen MR) is 126 cm³/mol. The van der Waals surface area contributed by atoms with Crippen LogP contribution < -0.4 is 27.2 Å². The standard InChI is InChI=1S/C23H26N10O3/c24-11-23(7-8-23)19(35)26-13-1-3-14(4-2-13)27-20-30-17-12(9-16-18(34)31-22(36)29-16)10-25-33(17)21(32-20)28-15-5-6-15/h9-10,13-15,34H,1-8H2,(H,26,35)(H,27,28,32)(H2,29,31,36). The quantitative estimate of drug-likeness (QED) is 0.308. The number of nitriles is 1. The number of carbonyl (C=O) groups is 1. The van der Waals surface area contributed by atoms with Crippen LogP contribution in [0.1, 0.15) is 57.1 Å². The van der Waals surface area contributed by atoms with Gasteiger partial charge in [-0.25, -0.2) is 9.79 Å². The zero-order valence-corrected chi connectivity index (χ0v) is 19.5. The lowest BCUT2D eigenvalue weighted by atomic mass is 9.90. The molecule has 0 spiro atoms. The van der Waals surface area contributed by atoms with Gasteiger partial charge in [-0.2, -0.15) is 24.8 Å². The van der Waals surface area contributed by atoms with Crippen molar-refractivity contribution in [3.8, 4) is 11.9 Å². The number of nitrogens with one attached hydrogen (secondary N) is 4. The summed E-state index contributed by atoms with van der Waals surface area (Å²) in [5.74, 6) is 0.0273. The van der Waals surface area contributed by atoms with Crippen molar-refractivity contribution in [1.82, 2.24) is 34.9 Å². The summed E-state index contributed by atoms with van der Waals surface area (Å²) in [7, 11) is 0. The van der Waals surface area contributed by atoms with E-state index >= 15 is 0 Å². The topological polar surface area (TPSA) is 189 Å². The maximum atomic E-state index is 12.4. The molecule has 3 aromatic rings. The fourth-order valence-electron chi connectivity index (χ4n) is 4.55. The van der Waals surface area contributed by atoms with E-state index in [2.05, 4.69) is 46.7 Å². The first-order valence-corrected chi connectivity index (χ1v) is 12.2. The number of aromatic nitrogens is 6. The molecule has 0 aliphatic heterocycles. The van der Waals surface area contributed by atoms with Gasteiger partial charge in [0.1, 0.15) is 11.1 Å². The monoisotopic (exact) mass is 490 g/mol. The number of aromatic hydroxyl groups is 1. The van der Waals surface area contributed by atoms with Gasteiger partial charge < -0.3 is 20.7 Å². The summed E-state index contributed by atoms with van der Waals surface area (Å²) in [5, 5.41) is 30.6. The minimum atomic E-state index is -0.802. The summed E-state index contributed by atoms with van der Waals surface area (Å²) in [6.07, 6.45) is 9.75. The summed E-state index contributed by atoms with van der Waals surface area (Å²) in [5.41, 5.74) is -0.134. The molecule has 36 heavy (non-hydrogen) atoms. The molecule has 0 radical (unpaired) electrons. The number of nitrogens with zero attached hydrogens (tertiary/aromatic N) is 6. The van der Waals surface area contributed by atoms with Gasteiger partial charge in [-0.15, -0.1) is 0 Å². The molecule has 3 heterocycles.